The van der Waals surface area contributed by atoms with Crippen LogP contribution < -0.4 is 5.43 Å². The Morgan fingerprint density at radius 2 is 1.32 bits per heavy atom. The zero-order chi connectivity index (χ0) is 18.8. The number of aryl methyl sites for hydroxylation is 3. The summed E-state index contributed by atoms with van der Waals surface area (Å²) in [6.07, 6.45) is 0. The van der Waals surface area contributed by atoms with E-state index in [0.717, 1.165) is 16.7 Å². The molecule has 25 heavy (non-hydrogen) atoms. The molecule has 0 aliphatic heterocycles. The molecule has 2 rings (SSSR count). The average molecular weight is 338 g/mol. The van der Waals surface area contributed by atoms with Crippen LogP contribution in [-0.4, -0.2) is 22.4 Å². The van der Waals surface area contributed by atoms with E-state index < -0.39 is 5.54 Å². The predicted molar refractivity (Wildman–Crippen MR) is 100 cm³/mol. The lowest BCUT2D eigenvalue weighted by Crippen LogP contribution is -2.55. The van der Waals surface area contributed by atoms with Gasteiger partial charge in [0.05, 0.1) is 5.54 Å². The number of nitrogens with zero attached hydrogens (tertiary/aromatic N) is 1. The number of amides is 2. The largest absolute Gasteiger partial charge is 0.272 e. The minimum Gasteiger partial charge on any atom is -0.267 e. The van der Waals surface area contributed by atoms with E-state index in [0.29, 0.717) is 11.1 Å². The van der Waals surface area contributed by atoms with Gasteiger partial charge in [0, 0.05) is 11.1 Å². The topological polar surface area (TPSA) is 49.4 Å². The summed E-state index contributed by atoms with van der Waals surface area (Å²) >= 11 is 0. The Hall–Kier alpha value is -2.62. The molecule has 0 atom stereocenters. The van der Waals surface area contributed by atoms with E-state index in [9.17, 15) is 9.59 Å². The third-order valence-corrected chi connectivity index (χ3v) is 3.87. The second-order valence-electron chi connectivity index (χ2n) is 7.49. The van der Waals surface area contributed by atoms with Crippen molar-refractivity contribution in [1.82, 2.24) is 10.4 Å². The highest BCUT2D eigenvalue weighted by molar-refractivity contribution is 5.99. The highest BCUT2D eigenvalue weighted by Crippen LogP contribution is 2.18. The van der Waals surface area contributed by atoms with Crippen LogP contribution >= 0.6 is 0 Å². The van der Waals surface area contributed by atoms with Crippen LogP contribution in [0.25, 0.3) is 0 Å². The van der Waals surface area contributed by atoms with Gasteiger partial charge in [0.25, 0.3) is 11.8 Å². The summed E-state index contributed by atoms with van der Waals surface area (Å²) in [6.45, 7) is 11.5. The Bertz CT molecular complexity index is 766. The molecule has 4 nitrogen and oxygen atoms in total. The zero-order valence-corrected chi connectivity index (χ0v) is 15.8. The fourth-order valence-electron chi connectivity index (χ4n) is 2.62. The van der Waals surface area contributed by atoms with E-state index in [-0.39, 0.29) is 11.8 Å². The molecule has 0 spiro atoms. The quantitative estimate of drug-likeness (QED) is 0.835. The monoisotopic (exact) mass is 338 g/mol. The molecule has 0 fully saturated rings. The maximum atomic E-state index is 13.0. The van der Waals surface area contributed by atoms with E-state index in [1.165, 1.54) is 5.01 Å². The molecule has 0 bridgehead atoms. The van der Waals surface area contributed by atoms with Crippen LogP contribution in [0.5, 0.6) is 0 Å². The van der Waals surface area contributed by atoms with Crippen molar-refractivity contribution >= 4 is 11.8 Å². The molecule has 4 heteroatoms. The van der Waals surface area contributed by atoms with Crippen molar-refractivity contribution in [2.45, 2.75) is 47.1 Å². The number of carbonyl (C=O) groups excluding carboxylic acids is 2. The Morgan fingerprint density at radius 1 is 0.800 bits per heavy atom. The summed E-state index contributed by atoms with van der Waals surface area (Å²) in [7, 11) is 0. The third-order valence-electron chi connectivity index (χ3n) is 3.87. The van der Waals surface area contributed by atoms with Crippen LogP contribution in [0.1, 0.15) is 58.2 Å². The second kappa shape index (κ2) is 7.09. The Balaban J connectivity index is 2.31. The van der Waals surface area contributed by atoms with Crippen LogP contribution in [0.2, 0.25) is 0 Å². The minimum atomic E-state index is -0.560. The van der Waals surface area contributed by atoms with Gasteiger partial charge in [0.15, 0.2) is 0 Å². The number of hydrogen-bond acceptors (Lipinski definition) is 2. The first-order valence-electron chi connectivity index (χ1n) is 8.38. The summed E-state index contributed by atoms with van der Waals surface area (Å²) in [6, 6.07) is 13.0. The maximum absolute atomic E-state index is 13.0. The van der Waals surface area contributed by atoms with Crippen LogP contribution in [0.4, 0.5) is 0 Å². The van der Waals surface area contributed by atoms with E-state index in [1.54, 1.807) is 12.1 Å². The van der Waals surface area contributed by atoms with Crippen molar-refractivity contribution in [1.29, 1.82) is 0 Å². The van der Waals surface area contributed by atoms with E-state index in [4.69, 9.17) is 0 Å². The maximum Gasteiger partial charge on any atom is 0.272 e. The Morgan fingerprint density at radius 3 is 1.80 bits per heavy atom. The van der Waals surface area contributed by atoms with E-state index >= 15 is 0 Å². The molecular formula is C21H26N2O2. The lowest BCUT2D eigenvalue weighted by atomic mass is 10.0. The van der Waals surface area contributed by atoms with Gasteiger partial charge in [-0.05, 0) is 65.8 Å². The molecule has 132 valence electrons. The molecule has 0 heterocycles. The van der Waals surface area contributed by atoms with Crippen molar-refractivity contribution in [2.24, 2.45) is 0 Å². The summed E-state index contributed by atoms with van der Waals surface area (Å²) < 4.78 is 0. The molecular weight excluding hydrogens is 312 g/mol. The SMILES string of the molecule is Cc1ccc(C(=O)NN(C(=O)c2cc(C)cc(C)c2)C(C)(C)C)cc1. The standard InChI is InChI=1S/C21H26N2O2/c1-14-7-9-17(10-8-14)19(24)22-23(21(4,5)6)20(25)18-12-15(2)11-16(3)13-18/h7-13H,1-6H3,(H,22,24). The Kier molecular flexibility index (Phi) is 5.31. The number of benzene rings is 2. The van der Waals surface area contributed by atoms with Gasteiger partial charge in [-0.3, -0.25) is 15.0 Å². The van der Waals surface area contributed by atoms with Gasteiger partial charge < -0.3 is 0 Å². The number of hydrogen-bond donors (Lipinski definition) is 1. The second-order valence-corrected chi connectivity index (χ2v) is 7.49. The fourth-order valence-corrected chi connectivity index (χ4v) is 2.62. The number of rotatable bonds is 2. The summed E-state index contributed by atoms with van der Waals surface area (Å²) in [5.41, 5.74) is 6.41. The van der Waals surface area contributed by atoms with Gasteiger partial charge in [-0.2, -0.15) is 0 Å². The summed E-state index contributed by atoms with van der Waals surface area (Å²) in [5, 5.41) is 1.41. The van der Waals surface area contributed by atoms with Gasteiger partial charge in [-0.15, -0.1) is 0 Å². The first-order chi connectivity index (χ1) is 11.6. The number of hydrazine groups is 1. The van der Waals surface area contributed by atoms with E-state index in [1.807, 2.05) is 71.9 Å². The first kappa shape index (κ1) is 18.7. The molecule has 0 saturated heterocycles. The number of nitrogens with one attached hydrogen (secondary N) is 1. The summed E-state index contributed by atoms with van der Waals surface area (Å²) in [4.78, 5) is 25.6. The van der Waals surface area contributed by atoms with E-state index in [2.05, 4.69) is 5.43 Å². The molecule has 0 aliphatic rings. The van der Waals surface area contributed by atoms with Crippen LogP contribution in [0.3, 0.4) is 0 Å². The lowest BCUT2D eigenvalue weighted by Gasteiger charge is -2.35. The first-order valence-corrected chi connectivity index (χ1v) is 8.38. The zero-order valence-electron chi connectivity index (χ0n) is 15.8. The molecule has 2 amide bonds. The molecule has 2 aromatic carbocycles. The van der Waals surface area contributed by atoms with Crippen molar-refractivity contribution in [3.8, 4) is 0 Å². The number of carbonyl (C=O) groups is 2. The Labute approximate surface area is 149 Å². The normalized spacial score (nSPS) is 11.1. The van der Waals surface area contributed by atoms with Gasteiger partial charge >= 0.3 is 0 Å². The highest BCUT2D eigenvalue weighted by atomic mass is 16.2. The van der Waals surface area contributed by atoms with Crippen molar-refractivity contribution in [2.75, 3.05) is 0 Å². The third kappa shape index (κ3) is 4.69. The molecule has 0 radical (unpaired) electrons. The van der Waals surface area contributed by atoms with Gasteiger partial charge in [-0.25, -0.2) is 5.01 Å². The van der Waals surface area contributed by atoms with Crippen molar-refractivity contribution in [3.63, 3.8) is 0 Å². The van der Waals surface area contributed by atoms with Crippen LogP contribution in [0, 0.1) is 20.8 Å². The molecule has 0 unspecified atom stereocenters. The predicted octanol–water partition coefficient (Wildman–Crippen LogP) is 4.20. The van der Waals surface area contributed by atoms with Crippen molar-refractivity contribution in [3.05, 3.63) is 70.3 Å². The molecule has 1 N–H and O–H groups in total. The smallest absolute Gasteiger partial charge is 0.267 e. The fraction of sp³-hybridized carbons (Fsp3) is 0.333. The molecule has 0 saturated carbocycles. The molecule has 0 aromatic heterocycles. The highest BCUT2D eigenvalue weighted by Gasteiger charge is 2.29. The van der Waals surface area contributed by atoms with Gasteiger partial charge in [0.2, 0.25) is 0 Å². The van der Waals surface area contributed by atoms with Crippen LogP contribution in [0.15, 0.2) is 42.5 Å². The van der Waals surface area contributed by atoms with Gasteiger partial charge in [-0.1, -0.05) is 34.9 Å². The minimum absolute atomic E-state index is 0.222. The van der Waals surface area contributed by atoms with Crippen molar-refractivity contribution < 1.29 is 9.59 Å². The summed E-state index contributed by atoms with van der Waals surface area (Å²) in [5.74, 6) is -0.521. The van der Waals surface area contributed by atoms with Gasteiger partial charge in [0.1, 0.15) is 0 Å². The average Bonchev–Trinajstić information content (AvgIpc) is 2.50. The molecule has 0 aliphatic carbocycles. The molecule has 2 aromatic rings. The van der Waals surface area contributed by atoms with Crippen LogP contribution in [-0.2, 0) is 0 Å². The lowest BCUT2D eigenvalue weighted by molar-refractivity contribution is 0.0358.